The number of anilines is 2. The summed E-state index contributed by atoms with van der Waals surface area (Å²) in [5.41, 5.74) is 2.48. The maximum absolute atomic E-state index is 15.6. The maximum Gasteiger partial charge on any atom is 0.338 e. The number of carbonyl (C=O) groups is 1. The van der Waals surface area contributed by atoms with E-state index < -0.39 is 16.7 Å². The van der Waals surface area contributed by atoms with Gasteiger partial charge in [-0.25, -0.2) is 14.8 Å². The Kier molecular flexibility index (Phi) is 8.82. The molecule has 50 heavy (non-hydrogen) atoms. The van der Waals surface area contributed by atoms with Crippen LogP contribution in [-0.2, 0) is 16.0 Å². The van der Waals surface area contributed by atoms with Crippen LogP contribution in [0, 0.1) is 0 Å². The third-order valence-electron chi connectivity index (χ3n) is 9.22. The van der Waals surface area contributed by atoms with Gasteiger partial charge in [-0.05, 0) is 92.6 Å². The Labute approximate surface area is 302 Å². The lowest BCUT2D eigenvalue weighted by Crippen LogP contribution is -2.73. The second-order valence-electron chi connectivity index (χ2n) is 13.6. The molecule has 2 atom stereocenters. The van der Waals surface area contributed by atoms with Crippen LogP contribution in [0.2, 0.25) is 0 Å². The molecule has 0 radical (unpaired) electrons. The van der Waals surface area contributed by atoms with E-state index in [0.717, 1.165) is 44.0 Å². The van der Waals surface area contributed by atoms with Gasteiger partial charge in [0.1, 0.15) is 16.9 Å². The quantitative estimate of drug-likeness (QED) is 0.149. The summed E-state index contributed by atoms with van der Waals surface area (Å²) in [6, 6.07) is 46.1. The van der Waals surface area contributed by atoms with Crippen molar-refractivity contribution in [2.45, 2.75) is 50.3 Å². The van der Waals surface area contributed by atoms with Crippen LogP contribution in [-0.4, -0.2) is 41.2 Å². The molecule has 252 valence electrons. The highest BCUT2D eigenvalue weighted by molar-refractivity contribution is 9.10. The topological polar surface area (TPSA) is 66.7 Å². The average molecular weight is 728 g/mol. The van der Waals surface area contributed by atoms with Gasteiger partial charge in [-0.2, -0.15) is 10.2 Å². The molecule has 1 spiro atoms. The molecule has 7 rings (SSSR count). The zero-order valence-electron chi connectivity index (χ0n) is 28.6. The fourth-order valence-corrected chi connectivity index (χ4v) is 7.31. The fourth-order valence-electron chi connectivity index (χ4n) is 7.05. The first-order valence-electron chi connectivity index (χ1n) is 16.7. The van der Waals surface area contributed by atoms with Gasteiger partial charge in [0.05, 0.1) is 29.9 Å². The lowest BCUT2D eigenvalue weighted by atomic mass is 9.66. The van der Waals surface area contributed by atoms with E-state index in [9.17, 15) is 0 Å². The smallest absolute Gasteiger partial charge is 0.338 e. The number of nitrogens with zero attached hydrogens (tertiary/aromatic N) is 4. The largest absolute Gasteiger partial charge is 0.497 e. The molecule has 0 saturated carbocycles. The highest BCUT2D eigenvalue weighted by Crippen LogP contribution is 2.54. The second kappa shape index (κ2) is 13.2. The second-order valence-corrected chi connectivity index (χ2v) is 14.5. The predicted octanol–water partition coefficient (Wildman–Crippen LogP) is 9.06. The Bertz CT molecular complexity index is 2030. The lowest BCUT2D eigenvalue weighted by Gasteiger charge is -2.50. The Hall–Kier alpha value is -5.21. The molecule has 0 amide bonds. The summed E-state index contributed by atoms with van der Waals surface area (Å²) in [5.74, 6) is 0.364. The van der Waals surface area contributed by atoms with E-state index >= 15 is 4.79 Å². The molecule has 0 unspecified atom stereocenters. The van der Waals surface area contributed by atoms with Crippen molar-refractivity contribution in [3.8, 4) is 5.75 Å². The number of carbonyl (C=O) groups excluding carboxylic acids is 1. The van der Waals surface area contributed by atoms with Crippen molar-refractivity contribution in [2.24, 2.45) is 10.2 Å². The molecule has 0 aromatic heterocycles. The zero-order valence-corrected chi connectivity index (χ0v) is 30.2. The van der Waals surface area contributed by atoms with Crippen molar-refractivity contribution in [1.29, 1.82) is 0 Å². The molecule has 2 heterocycles. The highest BCUT2D eigenvalue weighted by atomic mass is 79.9. The van der Waals surface area contributed by atoms with Gasteiger partial charge in [0.15, 0.2) is 5.54 Å². The minimum absolute atomic E-state index is 0.288. The third kappa shape index (κ3) is 5.87. The van der Waals surface area contributed by atoms with Gasteiger partial charge in [-0.1, -0.05) is 94.8 Å². The molecule has 0 saturated heterocycles. The molecule has 0 fully saturated rings. The molecule has 0 bridgehead atoms. The van der Waals surface area contributed by atoms with Crippen LogP contribution in [0.25, 0.3) is 0 Å². The summed E-state index contributed by atoms with van der Waals surface area (Å²) < 4.78 is 13.0. The van der Waals surface area contributed by atoms with E-state index in [1.54, 1.807) is 7.11 Å². The molecule has 2 aliphatic rings. The van der Waals surface area contributed by atoms with E-state index in [-0.39, 0.29) is 12.4 Å². The van der Waals surface area contributed by atoms with Gasteiger partial charge in [-0.3, -0.25) is 0 Å². The molecular weight excluding hydrogens is 688 g/mol. The number of rotatable bonds is 8. The number of halogens is 1. The zero-order chi connectivity index (χ0) is 34.9. The van der Waals surface area contributed by atoms with Crippen LogP contribution in [0.3, 0.4) is 0 Å². The summed E-state index contributed by atoms with van der Waals surface area (Å²) in [4.78, 5) is 15.6. The molecule has 0 aliphatic carbocycles. The van der Waals surface area contributed by atoms with Crippen molar-refractivity contribution in [1.82, 2.24) is 0 Å². The van der Waals surface area contributed by atoms with Crippen molar-refractivity contribution >= 4 is 44.7 Å². The summed E-state index contributed by atoms with van der Waals surface area (Å²) in [6.07, 6.45) is 0.647. The van der Waals surface area contributed by atoms with Crippen molar-refractivity contribution in [3.05, 3.63) is 161 Å². The SMILES string of the molecule is COc1ccc(C2=NN(c3ccccc3)[C@]3(C2)C(c2ccc(Br)cc2)=NN(c2ccccc2)[C@]3(Cc2ccccc2)C(=O)OC(C)(C)C)cc1. The van der Waals surface area contributed by atoms with E-state index in [1.807, 2.05) is 146 Å². The van der Waals surface area contributed by atoms with Crippen molar-refractivity contribution in [2.75, 3.05) is 17.1 Å². The van der Waals surface area contributed by atoms with Crippen molar-refractivity contribution in [3.63, 3.8) is 0 Å². The first-order chi connectivity index (χ1) is 24.1. The number of hydrogen-bond acceptors (Lipinski definition) is 7. The number of benzene rings is 5. The monoisotopic (exact) mass is 726 g/mol. The van der Waals surface area contributed by atoms with Crippen LogP contribution >= 0.6 is 15.9 Å². The first kappa shape index (κ1) is 33.3. The predicted molar refractivity (Wildman–Crippen MR) is 204 cm³/mol. The van der Waals surface area contributed by atoms with E-state index in [2.05, 4.69) is 40.2 Å². The van der Waals surface area contributed by atoms with Gasteiger partial charge in [-0.15, -0.1) is 0 Å². The van der Waals surface area contributed by atoms with Crippen LogP contribution < -0.4 is 14.8 Å². The Morgan fingerprint density at radius 2 is 1.26 bits per heavy atom. The summed E-state index contributed by atoms with van der Waals surface area (Å²) in [7, 11) is 1.66. The van der Waals surface area contributed by atoms with Crippen LogP contribution in [0.1, 0.15) is 43.9 Å². The first-order valence-corrected chi connectivity index (χ1v) is 17.5. The molecular formula is C42H39BrN4O3. The van der Waals surface area contributed by atoms with E-state index in [1.165, 1.54) is 0 Å². The number of hydrazone groups is 2. The Morgan fingerprint density at radius 1 is 0.720 bits per heavy atom. The van der Waals surface area contributed by atoms with Gasteiger partial charge in [0.25, 0.3) is 0 Å². The van der Waals surface area contributed by atoms with Crippen molar-refractivity contribution < 1.29 is 14.3 Å². The molecule has 8 heteroatoms. The minimum Gasteiger partial charge on any atom is -0.497 e. The molecule has 0 N–H and O–H groups in total. The summed E-state index contributed by atoms with van der Waals surface area (Å²) in [6.45, 7) is 5.74. The number of hydrogen-bond donors (Lipinski definition) is 0. The average Bonchev–Trinajstić information content (AvgIpc) is 3.66. The highest BCUT2D eigenvalue weighted by Gasteiger charge is 2.73. The molecule has 7 nitrogen and oxygen atoms in total. The molecule has 2 aliphatic heterocycles. The Morgan fingerprint density at radius 3 is 1.82 bits per heavy atom. The van der Waals surface area contributed by atoms with Gasteiger partial charge in [0, 0.05) is 22.9 Å². The molecule has 5 aromatic carbocycles. The van der Waals surface area contributed by atoms with Crippen LogP contribution in [0.15, 0.2) is 154 Å². The standard InChI is InChI=1S/C42H39BrN4O3/c1-40(2,3)50-39(48)42(28-30-14-8-5-9-15-30)41(38(32-20-24-33(43)25-21-32)45-47(42)35-18-12-7-13-19-35)29-37(31-22-26-36(49-4)27-23-31)44-46(41)34-16-10-6-11-17-34/h5-27H,28-29H2,1-4H3/t41-,42-/m1/s1. The number of esters is 1. The third-order valence-corrected chi connectivity index (χ3v) is 9.75. The van der Waals surface area contributed by atoms with Crippen LogP contribution in [0.4, 0.5) is 11.4 Å². The van der Waals surface area contributed by atoms with E-state index in [4.69, 9.17) is 19.7 Å². The number of ether oxygens (including phenoxy) is 2. The normalized spacial score (nSPS) is 20.1. The number of methoxy groups -OCH3 is 1. The lowest BCUT2D eigenvalue weighted by molar-refractivity contribution is -0.163. The van der Waals surface area contributed by atoms with Gasteiger partial charge < -0.3 is 9.47 Å². The summed E-state index contributed by atoms with van der Waals surface area (Å²) in [5, 5.41) is 14.9. The fraction of sp³-hybridized carbons (Fsp3) is 0.214. The molecule has 5 aromatic rings. The van der Waals surface area contributed by atoms with Gasteiger partial charge in [0.2, 0.25) is 0 Å². The maximum atomic E-state index is 15.6. The van der Waals surface area contributed by atoms with E-state index in [0.29, 0.717) is 12.1 Å². The summed E-state index contributed by atoms with van der Waals surface area (Å²) >= 11 is 3.63. The number of para-hydroxylation sites is 2. The van der Waals surface area contributed by atoms with Gasteiger partial charge >= 0.3 is 5.97 Å². The minimum atomic E-state index is -1.45. The van der Waals surface area contributed by atoms with Crippen LogP contribution in [0.5, 0.6) is 5.75 Å². The Balaban J connectivity index is 1.59.